The maximum atomic E-state index is 12.2. The van der Waals surface area contributed by atoms with Crippen molar-refractivity contribution in [2.45, 2.75) is 76.6 Å². The van der Waals surface area contributed by atoms with E-state index in [0.29, 0.717) is 12.8 Å². The SMILES string of the molecule is CC(C)(C)OC(=O)C1CCC2CCCC([NH-])C(=O)N21.[Ac]. The maximum Gasteiger partial charge on any atom is 0.329 e. The minimum Gasteiger partial charge on any atom is -0.667 e. The predicted molar refractivity (Wildman–Crippen MR) is 71.5 cm³/mol. The van der Waals surface area contributed by atoms with Crippen LogP contribution in [0.1, 0.15) is 52.9 Å². The number of carbonyl (C=O) groups excluding carboxylic acids is 2. The van der Waals surface area contributed by atoms with Gasteiger partial charge in [0.15, 0.2) is 0 Å². The molecule has 3 atom stereocenters. The molecule has 2 rings (SSSR count). The second-order valence-electron chi connectivity index (χ2n) is 6.51. The largest absolute Gasteiger partial charge is 0.667 e. The third-order valence-electron chi connectivity index (χ3n) is 3.76. The van der Waals surface area contributed by atoms with Gasteiger partial charge in [-0.05, 0) is 40.0 Å². The van der Waals surface area contributed by atoms with E-state index in [4.69, 9.17) is 10.5 Å². The second kappa shape index (κ2) is 7.07. The van der Waals surface area contributed by atoms with Crippen molar-refractivity contribution < 1.29 is 58.4 Å². The van der Waals surface area contributed by atoms with Crippen molar-refractivity contribution in [1.29, 1.82) is 0 Å². The molecule has 111 valence electrons. The number of amides is 1. The number of fused-ring (bicyclic) bond motifs is 1. The Morgan fingerprint density at radius 1 is 1.25 bits per heavy atom. The zero-order chi connectivity index (χ0) is 14.2. The Kier molecular flexibility index (Phi) is 6.50. The monoisotopic (exact) mass is 494 g/mol. The van der Waals surface area contributed by atoms with Crippen LogP contribution in [0.2, 0.25) is 0 Å². The molecule has 3 unspecified atom stereocenters. The van der Waals surface area contributed by atoms with Crippen molar-refractivity contribution in [3.05, 3.63) is 5.73 Å². The van der Waals surface area contributed by atoms with Gasteiger partial charge >= 0.3 is 5.97 Å². The van der Waals surface area contributed by atoms with Crippen LogP contribution in [0, 0.1) is 44.1 Å². The number of hydrogen-bond donors (Lipinski definition) is 0. The summed E-state index contributed by atoms with van der Waals surface area (Å²) in [4.78, 5) is 26.1. The van der Waals surface area contributed by atoms with E-state index >= 15 is 0 Å². The molecule has 0 aromatic rings. The molecule has 2 fully saturated rings. The number of nitrogens with one attached hydrogen (secondary N) is 1. The van der Waals surface area contributed by atoms with Crippen LogP contribution < -0.4 is 0 Å². The fourth-order valence-electron chi connectivity index (χ4n) is 2.96. The summed E-state index contributed by atoms with van der Waals surface area (Å²) in [5.41, 5.74) is 7.30. The number of ether oxygens (including phenoxy) is 1. The van der Waals surface area contributed by atoms with E-state index in [1.807, 2.05) is 20.8 Å². The molecule has 1 radical (unpaired) electrons. The molecule has 6 heteroatoms. The van der Waals surface area contributed by atoms with Gasteiger partial charge in [-0.3, -0.25) is 4.79 Å². The van der Waals surface area contributed by atoms with Crippen LogP contribution in [0.15, 0.2) is 0 Å². The molecular weight excluding hydrogens is 471 g/mol. The Morgan fingerprint density at radius 3 is 2.50 bits per heavy atom. The van der Waals surface area contributed by atoms with Gasteiger partial charge < -0.3 is 15.4 Å². The minimum atomic E-state index is -0.715. The van der Waals surface area contributed by atoms with Gasteiger partial charge in [-0.15, -0.1) is 0 Å². The normalized spacial score (nSPS) is 30.3. The van der Waals surface area contributed by atoms with E-state index in [0.717, 1.165) is 19.3 Å². The standard InChI is InChI=1S/C14H23N2O3.Ac/c1-14(2,3)19-13(18)11-8-7-9-5-4-6-10(15)12(17)16(9)11;/h9-11,15H,4-8H2,1-3H3;/q-1;. The van der Waals surface area contributed by atoms with E-state index in [1.165, 1.54) is 0 Å². The van der Waals surface area contributed by atoms with Gasteiger partial charge in [0.25, 0.3) is 0 Å². The van der Waals surface area contributed by atoms with Gasteiger partial charge in [-0.2, -0.15) is 0 Å². The first-order chi connectivity index (χ1) is 8.79. The Bertz CT molecular complexity index is 381. The second-order valence-corrected chi connectivity index (χ2v) is 6.51. The molecule has 0 aromatic carbocycles. The molecule has 20 heavy (non-hydrogen) atoms. The first-order valence-corrected chi connectivity index (χ1v) is 7.06. The number of esters is 1. The molecule has 2 aliphatic rings. The molecule has 0 aromatic heterocycles. The van der Waals surface area contributed by atoms with Crippen molar-refractivity contribution in [1.82, 2.24) is 4.90 Å². The molecule has 1 amide bonds. The number of nitrogens with zero attached hydrogens (tertiary/aromatic N) is 1. The minimum absolute atomic E-state index is 0. The van der Waals surface area contributed by atoms with Crippen LogP contribution in [-0.4, -0.2) is 40.5 Å². The topological polar surface area (TPSA) is 70.4 Å². The van der Waals surface area contributed by atoms with E-state index in [2.05, 4.69) is 0 Å². The zero-order valence-electron chi connectivity index (χ0n) is 12.5. The van der Waals surface area contributed by atoms with E-state index < -0.39 is 17.7 Å². The van der Waals surface area contributed by atoms with Gasteiger partial charge in [0, 0.05) is 50.1 Å². The van der Waals surface area contributed by atoms with Crippen molar-refractivity contribution in [3.63, 3.8) is 0 Å². The zero-order valence-corrected chi connectivity index (χ0v) is 17.3. The number of hydrogen-bond acceptors (Lipinski definition) is 3. The molecule has 0 aliphatic carbocycles. The van der Waals surface area contributed by atoms with Crippen molar-refractivity contribution in [2.75, 3.05) is 0 Å². The molecular formula is C14H23AcN2O3-. The summed E-state index contributed by atoms with van der Waals surface area (Å²) in [5.74, 6) is -0.520. The average molecular weight is 494 g/mol. The van der Waals surface area contributed by atoms with E-state index in [1.54, 1.807) is 4.90 Å². The molecule has 1 N–H and O–H groups in total. The fourth-order valence-corrected chi connectivity index (χ4v) is 2.96. The van der Waals surface area contributed by atoms with Crippen LogP contribution in [0.25, 0.3) is 5.73 Å². The van der Waals surface area contributed by atoms with E-state index in [-0.39, 0.29) is 62.0 Å². The molecule has 0 bridgehead atoms. The Morgan fingerprint density at radius 2 is 1.90 bits per heavy atom. The summed E-state index contributed by atoms with van der Waals surface area (Å²) in [6, 6.07) is -1.07. The van der Waals surface area contributed by atoms with Gasteiger partial charge in [0.05, 0.1) is 0 Å². The third kappa shape index (κ3) is 4.18. The number of rotatable bonds is 1. The summed E-state index contributed by atoms with van der Waals surface area (Å²) in [5, 5.41) is 0. The summed E-state index contributed by atoms with van der Waals surface area (Å²) >= 11 is 0. The van der Waals surface area contributed by atoms with Crippen LogP contribution in [0.3, 0.4) is 0 Å². The summed E-state index contributed by atoms with van der Waals surface area (Å²) in [6.45, 7) is 5.48. The van der Waals surface area contributed by atoms with Gasteiger partial charge in [0.2, 0.25) is 5.91 Å². The Balaban J connectivity index is 0.00000200. The quantitative estimate of drug-likeness (QED) is 0.526. The van der Waals surface area contributed by atoms with Crippen LogP contribution in [0.4, 0.5) is 0 Å². The van der Waals surface area contributed by atoms with Crippen LogP contribution in [0.5, 0.6) is 0 Å². The third-order valence-corrected chi connectivity index (χ3v) is 3.76. The average Bonchev–Trinajstić information content (AvgIpc) is 2.64. The van der Waals surface area contributed by atoms with Gasteiger partial charge in [-0.25, -0.2) is 4.79 Å². The molecule has 2 aliphatic heterocycles. The van der Waals surface area contributed by atoms with Crippen molar-refractivity contribution in [2.24, 2.45) is 0 Å². The van der Waals surface area contributed by atoms with E-state index in [9.17, 15) is 9.59 Å². The first-order valence-electron chi connectivity index (χ1n) is 7.06. The predicted octanol–water partition coefficient (Wildman–Crippen LogP) is 2.29. The Labute approximate surface area is 156 Å². The van der Waals surface area contributed by atoms with Crippen molar-refractivity contribution in [3.8, 4) is 0 Å². The molecule has 0 spiro atoms. The van der Waals surface area contributed by atoms with Gasteiger partial charge in [0.1, 0.15) is 11.6 Å². The molecule has 5 nitrogen and oxygen atoms in total. The summed E-state index contributed by atoms with van der Waals surface area (Å²) in [6.07, 6.45) is 3.91. The van der Waals surface area contributed by atoms with Gasteiger partial charge in [-0.1, -0.05) is 18.9 Å². The molecule has 2 heterocycles. The first kappa shape index (κ1) is 18.4. The van der Waals surface area contributed by atoms with Crippen LogP contribution >= 0.6 is 0 Å². The van der Waals surface area contributed by atoms with Crippen LogP contribution in [-0.2, 0) is 14.3 Å². The van der Waals surface area contributed by atoms with Crippen molar-refractivity contribution >= 4 is 11.9 Å². The molecule has 0 saturated carbocycles. The number of carbonyl (C=O) groups is 2. The maximum absolute atomic E-state index is 12.2. The summed E-state index contributed by atoms with van der Waals surface area (Å²) in [7, 11) is 0. The fraction of sp³-hybridized carbons (Fsp3) is 0.857. The Hall–Kier alpha value is 0.342. The summed E-state index contributed by atoms with van der Waals surface area (Å²) < 4.78 is 5.40. The molecule has 2 saturated heterocycles. The smallest absolute Gasteiger partial charge is 0.329 e.